The van der Waals surface area contributed by atoms with E-state index in [9.17, 15) is 17.2 Å². The maximum Gasteiger partial charge on any atom is 0.262 e. The third kappa shape index (κ3) is 5.28. The topological polar surface area (TPSA) is 129 Å². The molecular weight excluding hydrogens is 546 g/mol. The number of nitrogens with one attached hydrogen (secondary N) is 1. The van der Waals surface area contributed by atoms with E-state index in [0.29, 0.717) is 37.3 Å². The smallest absolute Gasteiger partial charge is 0.262 e. The maximum atomic E-state index is 14.7. The van der Waals surface area contributed by atoms with E-state index in [1.807, 2.05) is 4.90 Å². The second-order valence-corrected chi connectivity index (χ2v) is 11.4. The standard InChI is InChI=1S/C23H23ClF2N6O5S/c1-35-20-21(31-18-16(25)3-15(4-17(18)26)38(2,33)34)29-11-30-22(20)37-19-12-7-32(8-13(19)10-36-9-12)23-27-5-14(24)6-28-23/h3-6,11-13,19H,7-10H2,1-2H3,(H,29,30,31). The molecule has 4 heterocycles. The Morgan fingerprint density at radius 3 is 2.29 bits per heavy atom. The lowest BCUT2D eigenvalue weighted by molar-refractivity contribution is -0.0775. The number of benzene rings is 1. The minimum atomic E-state index is -3.81. The molecule has 1 N–H and O–H groups in total. The van der Waals surface area contributed by atoms with Crippen LogP contribution in [0.5, 0.6) is 11.6 Å². The number of rotatable bonds is 7. The number of piperidine rings is 1. The predicted molar refractivity (Wildman–Crippen MR) is 133 cm³/mol. The van der Waals surface area contributed by atoms with Gasteiger partial charge in [-0.3, -0.25) is 0 Å². The molecule has 15 heteroatoms. The summed E-state index contributed by atoms with van der Waals surface area (Å²) in [6, 6.07) is 1.45. The van der Waals surface area contributed by atoms with Crippen molar-refractivity contribution in [3.8, 4) is 11.6 Å². The van der Waals surface area contributed by atoms with E-state index in [1.54, 1.807) is 12.4 Å². The fraction of sp³-hybridized carbons (Fsp3) is 0.391. The number of hydrogen-bond acceptors (Lipinski definition) is 11. The number of halogens is 3. The molecule has 0 amide bonds. The van der Waals surface area contributed by atoms with Gasteiger partial charge in [0.2, 0.25) is 11.7 Å². The average molecular weight is 569 g/mol. The molecule has 1 aromatic carbocycles. The summed E-state index contributed by atoms with van der Waals surface area (Å²) in [4.78, 5) is 18.4. The summed E-state index contributed by atoms with van der Waals surface area (Å²) in [6.07, 6.45) is 4.81. The lowest BCUT2D eigenvalue weighted by Gasteiger charge is -2.46. The Hall–Kier alpha value is -3.36. The molecule has 2 saturated heterocycles. The molecule has 0 spiro atoms. The van der Waals surface area contributed by atoms with Crippen LogP contribution in [-0.4, -0.2) is 74.1 Å². The normalized spacial score (nSPS) is 21.2. The summed E-state index contributed by atoms with van der Waals surface area (Å²) in [7, 11) is -2.46. The second kappa shape index (κ2) is 10.4. The van der Waals surface area contributed by atoms with Crippen molar-refractivity contribution >= 4 is 38.9 Å². The third-order valence-electron chi connectivity index (χ3n) is 6.30. The molecule has 38 heavy (non-hydrogen) atoms. The zero-order chi connectivity index (χ0) is 27.0. The van der Waals surface area contributed by atoms with Crippen molar-refractivity contribution < 1.29 is 31.4 Å². The van der Waals surface area contributed by atoms with Gasteiger partial charge in [-0.05, 0) is 12.1 Å². The van der Waals surface area contributed by atoms with Crippen LogP contribution in [0.3, 0.4) is 0 Å². The first-order valence-corrected chi connectivity index (χ1v) is 13.7. The molecule has 202 valence electrons. The molecule has 2 bridgehead atoms. The van der Waals surface area contributed by atoms with Crippen LogP contribution < -0.4 is 19.7 Å². The largest absolute Gasteiger partial charge is 0.489 e. The fourth-order valence-electron chi connectivity index (χ4n) is 4.57. The molecule has 0 radical (unpaired) electrons. The Labute approximate surface area is 222 Å². The van der Waals surface area contributed by atoms with Gasteiger partial charge in [0.15, 0.2) is 27.3 Å². The van der Waals surface area contributed by atoms with Crippen molar-refractivity contribution in [2.45, 2.75) is 11.0 Å². The highest BCUT2D eigenvalue weighted by Crippen LogP contribution is 2.39. The summed E-state index contributed by atoms with van der Waals surface area (Å²) >= 11 is 5.92. The maximum absolute atomic E-state index is 14.7. The Morgan fingerprint density at radius 1 is 1.08 bits per heavy atom. The average Bonchev–Trinajstić information content (AvgIpc) is 2.86. The van der Waals surface area contributed by atoms with Crippen LogP contribution in [0, 0.1) is 23.5 Å². The van der Waals surface area contributed by atoms with E-state index in [1.165, 1.54) is 13.4 Å². The molecule has 2 aliphatic heterocycles. The van der Waals surface area contributed by atoms with Crippen LogP contribution in [-0.2, 0) is 14.6 Å². The highest BCUT2D eigenvalue weighted by atomic mass is 35.5. The first-order valence-electron chi connectivity index (χ1n) is 11.5. The van der Waals surface area contributed by atoms with Crippen LogP contribution in [0.25, 0.3) is 0 Å². The minimum absolute atomic E-state index is 0.0287. The van der Waals surface area contributed by atoms with Crippen LogP contribution in [0.4, 0.5) is 26.2 Å². The Morgan fingerprint density at radius 2 is 1.71 bits per heavy atom. The second-order valence-electron chi connectivity index (χ2n) is 8.97. The van der Waals surface area contributed by atoms with Gasteiger partial charge < -0.3 is 24.4 Å². The van der Waals surface area contributed by atoms with Gasteiger partial charge in [-0.1, -0.05) is 11.6 Å². The summed E-state index contributed by atoms with van der Waals surface area (Å²) in [6.45, 7) is 1.99. The Kier molecular flexibility index (Phi) is 7.20. The van der Waals surface area contributed by atoms with Crippen LogP contribution in [0.2, 0.25) is 5.02 Å². The summed E-state index contributed by atoms with van der Waals surface area (Å²) in [5.74, 6) is -1.74. The summed E-state index contributed by atoms with van der Waals surface area (Å²) < 4.78 is 70.2. The van der Waals surface area contributed by atoms with Gasteiger partial charge >= 0.3 is 0 Å². The first-order chi connectivity index (χ1) is 18.1. The van der Waals surface area contributed by atoms with Gasteiger partial charge in [-0.25, -0.2) is 32.2 Å². The zero-order valence-electron chi connectivity index (χ0n) is 20.3. The van der Waals surface area contributed by atoms with E-state index >= 15 is 0 Å². The van der Waals surface area contributed by atoms with Gasteiger partial charge in [-0.15, -0.1) is 0 Å². The van der Waals surface area contributed by atoms with Gasteiger partial charge in [0, 0.05) is 31.2 Å². The van der Waals surface area contributed by atoms with Crippen molar-refractivity contribution in [2.75, 3.05) is 49.9 Å². The van der Waals surface area contributed by atoms with E-state index in [0.717, 1.165) is 18.4 Å². The minimum Gasteiger partial charge on any atom is -0.489 e. The quantitative estimate of drug-likeness (QED) is 0.451. The number of sulfone groups is 1. The zero-order valence-corrected chi connectivity index (χ0v) is 21.8. The monoisotopic (exact) mass is 568 g/mol. The lowest BCUT2D eigenvalue weighted by atomic mass is 9.84. The SMILES string of the molecule is COc1c(Nc2c(F)cc(S(C)(=O)=O)cc2F)ncnc1OC1C2COCC1CN(c1ncc(Cl)cn1)C2. The molecule has 2 unspecified atom stereocenters. The predicted octanol–water partition coefficient (Wildman–Crippen LogP) is 2.88. The molecule has 0 aliphatic carbocycles. The molecule has 2 aromatic heterocycles. The molecule has 3 aromatic rings. The Bertz CT molecular complexity index is 1410. The molecule has 0 saturated carbocycles. The van der Waals surface area contributed by atoms with Gasteiger partial charge in [0.1, 0.15) is 18.1 Å². The van der Waals surface area contributed by atoms with Crippen LogP contribution >= 0.6 is 11.6 Å². The summed E-state index contributed by atoms with van der Waals surface area (Å²) in [5.41, 5.74) is -0.595. The van der Waals surface area contributed by atoms with E-state index in [2.05, 4.69) is 25.3 Å². The van der Waals surface area contributed by atoms with E-state index in [4.69, 9.17) is 25.8 Å². The number of anilines is 3. The van der Waals surface area contributed by atoms with Gasteiger partial charge in [0.25, 0.3) is 5.88 Å². The highest BCUT2D eigenvalue weighted by Gasteiger charge is 2.43. The number of hydrogen-bond donors (Lipinski definition) is 1. The molecule has 11 nitrogen and oxygen atoms in total. The highest BCUT2D eigenvalue weighted by molar-refractivity contribution is 7.90. The number of methoxy groups -OCH3 is 1. The van der Waals surface area contributed by atoms with E-state index < -0.39 is 32.1 Å². The van der Waals surface area contributed by atoms with E-state index in [-0.39, 0.29) is 35.4 Å². The van der Waals surface area contributed by atoms with Crippen molar-refractivity contribution in [3.05, 3.63) is 47.5 Å². The van der Waals surface area contributed by atoms with Crippen molar-refractivity contribution in [1.82, 2.24) is 19.9 Å². The number of ether oxygens (including phenoxy) is 3. The number of aromatic nitrogens is 4. The third-order valence-corrected chi connectivity index (χ3v) is 7.59. The number of nitrogens with zero attached hydrogens (tertiary/aromatic N) is 5. The van der Waals surface area contributed by atoms with Crippen LogP contribution in [0.1, 0.15) is 0 Å². The van der Waals surface area contributed by atoms with Crippen molar-refractivity contribution in [3.63, 3.8) is 0 Å². The summed E-state index contributed by atoms with van der Waals surface area (Å²) in [5, 5.41) is 2.98. The molecule has 2 atom stereocenters. The molecule has 2 aliphatic rings. The Balaban J connectivity index is 1.39. The van der Waals surface area contributed by atoms with Gasteiger partial charge in [0.05, 0.1) is 42.6 Å². The molecular formula is C23H23ClF2N6O5S. The van der Waals surface area contributed by atoms with Gasteiger partial charge in [-0.2, -0.15) is 4.98 Å². The fourth-order valence-corrected chi connectivity index (χ4v) is 5.30. The van der Waals surface area contributed by atoms with Crippen molar-refractivity contribution in [2.24, 2.45) is 11.8 Å². The number of fused-ring (bicyclic) bond motifs is 2. The first kappa shape index (κ1) is 26.3. The van der Waals surface area contributed by atoms with Crippen molar-refractivity contribution in [1.29, 1.82) is 0 Å². The molecule has 2 fully saturated rings. The lowest BCUT2D eigenvalue weighted by Crippen LogP contribution is -2.58. The molecule has 5 rings (SSSR count). The van der Waals surface area contributed by atoms with Crippen LogP contribution in [0.15, 0.2) is 35.7 Å².